The second kappa shape index (κ2) is 9.68. The monoisotopic (exact) mass is 500 g/mol. The van der Waals surface area contributed by atoms with Gasteiger partial charge in [0.05, 0.1) is 29.9 Å². The summed E-state index contributed by atoms with van der Waals surface area (Å²) in [5, 5.41) is 2.58. The minimum Gasteiger partial charge on any atom is -0.444 e. The minimum absolute atomic E-state index is 0.0463. The number of piperidine rings is 1. The van der Waals surface area contributed by atoms with Gasteiger partial charge in [-0.1, -0.05) is 6.07 Å². The molecule has 1 saturated heterocycles. The van der Waals surface area contributed by atoms with Crippen LogP contribution >= 0.6 is 0 Å². The van der Waals surface area contributed by atoms with E-state index >= 15 is 4.39 Å². The Morgan fingerprint density at radius 3 is 2.69 bits per heavy atom. The molecule has 3 heterocycles. The third kappa shape index (κ3) is 5.22. The van der Waals surface area contributed by atoms with Gasteiger partial charge in [0, 0.05) is 31.4 Å². The van der Waals surface area contributed by atoms with Gasteiger partial charge < -0.3 is 15.0 Å². The summed E-state index contributed by atoms with van der Waals surface area (Å²) in [5.41, 5.74) is 0.331. The second-order valence-corrected chi connectivity index (χ2v) is 9.77. The van der Waals surface area contributed by atoms with Crippen molar-refractivity contribution in [3.63, 3.8) is 0 Å². The number of nitrogens with one attached hydrogen (secondary N) is 1. The number of fused-ring (bicyclic) bond motifs is 1. The molecular weight excluding hydrogens is 473 g/mol. The summed E-state index contributed by atoms with van der Waals surface area (Å²) in [7, 11) is 0. The number of ether oxygens (including phenoxy) is 1. The van der Waals surface area contributed by atoms with Crippen LogP contribution in [0.2, 0.25) is 0 Å². The smallest absolute Gasteiger partial charge is 0.408 e. The topological polar surface area (TPSA) is 76.6 Å². The minimum atomic E-state index is -1.32. The number of benzene rings is 1. The summed E-state index contributed by atoms with van der Waals surface area (Å²) in [5.74, 6) is -1.27. The van der Waals surface area contributed by atoms with E-state index in [4.69, 9.17) is 11.3 Å². The normalized spacial score (nSPS) is 19.1. The van der Waals surface area contributed by atoms with Crippen molar-refractivity contribution < 1.29 is 22.7 Å². The van der Waals surface area contributed by atoms with Gasteiger partial charge in [-0.15, -0.1) is 0 Å². The molecule has 0 aliphatic carbocycles. The van der Waals surface area contributed by atoms with Crippen LogP contribution in [0.5, 0.6) is 0 Å². The number of alkyl halides is 1. The first-order valence-corrected chi connectivity index (χ1v) is 11.6. The van der Waals surface area contributed by atoms with E-state index in [0.717, 1.165) is 12.1 Å². The number of halogens is 3. The molecule has 2 aromatic heterocycles. The highest BCUT2D eigenvalue weighted by atomic mass is 19.1. The predicted octanol–water partition coefficient (Wildman–Crippen LogP) is 5.31. The molecule has 3 atom stereocenters. The van der Waals surface area contributed by atoms with Crippen LogP contribution in [0.15, 0.2) is 30.5 Å². The van der Waals surface area contributed by atoms with Crippen LogP contribution in [0.25, 0.3) is 15.9 Å². The maximum absolute atomic E-state index is 15.0. The van der Waals surface area contributed by atoms with Gasteiger partial charge in [-0.05, 0) is 40.2 Å². The SMILES string of the molecule is [C-]#[N+]c1ccc(C(C)n2c(N3CC[C@@H](F)[C@H](NC(=O)OC(C)(C)C)C3)nc3cc(F)cc(F)c32)nc1. The van der Waals surface area contributed by atoms with Crippen LogP contribution < -0.4 is 10.2 Å². The van der Waals surface area contributed by atoms with Crippen molar-refractivity contribution in [3.8, 4) is 0 Å². The van der Waals surface area contributed by atoms with Gasteiger partial charge in [0.15, 0.2) is 5.82 Å². The highest BCUT2D eigenvalue weighted by Crippen LogP contribution is 2.34. The number of nitrogens with zero attached hydrogens (tertiary/aromatic N) is 5. The van der Waals surface area contributed by atoms with E-state index in [1.54, 1.807) is 49.3 Å². The zero-order valence-corrected chi connectivity index (χ0v) is 20.4. The molecule has 0 saturated carbocycles. The first-order valence-electron chi connectivity index (χ1n) is 11.6. The molecule has 11 heteroatoms. The molecule has 1 unspecified atom stereocenters. The molecule has 8 nitrogen and oxygen atoms in total. The Kier molecular flexibility index (Phi) is 6.80. The number of hydrogen-bond acceptors (Lipinski definition) is 5. The van der Waals surface area contributed by atoms with Crippen LogP contribution in [-0.4, -0.2) is 51.5 Å². The highest BCUT2D eigenvalue weighted by Gasteiger charge is 2.35. The fourth-order valence-corrected chi connectivity index (χ4v) is 4.27. The van der Waals surface area contributed by atoms with Crippen molar-refractivity contribution in [2.24, 2.45) is 0 Å². The quantitative estimate of drug-likeness (QED) is 0.492. The number of imidazole rings is 1. The number of carbonyl (C=O) groups excluding carboxylic acids is 1. The molecule has 0 spiro atoms. The van der Waals surface area contributed by atoms with E-state index in [-0.39, 0.29) is 30.5 Å². The molecule has 1 aromatic carbocycles. The summed E-state index contributed by atoms with van der Waals surface area (Å²) in [6.45, 7) is 14.3. The predicted molar refractivity (Wildman–Crippen MR) is 129 cm³/mol. The fraction of sp³-hybridized carbons (Fsp3) is 0.440. The van der Waals surface area contributed by atoms with Gasteiger partial charge >= 0.3 is 6.09 Å². The Bertz CT molecular complexity index is 1310. The van der Waals surface area contributed by atoms with Crippen LogP contribution in [0.4, 0.5) is 29.6 Å². The van der Waals surface area contributed by atoms with Crippen LogP contribution in [0, 0.1) is 18.2 Å². The lowest BCUT2D eigenvalue weighted by Gasteiger charge is -2.37. The highest BCUT2D eigenvalue weighted by molar-refractivity contribution is 5.80. The van der Waals surface area contributed by atoms with Gasteiger partial charge in [0.2, 0.25) is 11.6 Å². The third-order valence-corrected chi connectivity index (χ3v) is 5.91. The standard InChI is InChI=1S/C25H27F3N6O2/c1-14(19-7-6-16(29-5)12-30-19)34-22-18(28)10-15(26)11-20(22)31-23(34)33-9-8-17(27)21(13-33)32-24(35)36-25(2,3)4/h6-7,10-12,14,17,21H,8-9,13H2,1-4H3,(H,32,35)/t14?,17-,21-/m1/s1. The number of rotatable bonds is 4. The Morgan fingerprint density at radius 2 is 2.06 bits per heavy atom. The van der Waals surface area contributed by atoms with Crippen molar-refractivity contribution in [2.75, 3.05) is 18.0 Å². The summed E-state index contributed by atoms with van der Waals surface area (Å²) in [6, 6.07) is 3.75. The first kappa shape index (κ1) is 25.3. The number of pyridine rings is 1. The van der Waals surface area contributed by atoms with Gasteiger partial charge in [0.25, 0.3) is 0 Å². The van der Waals surface area contributed by atoms with Gasteiger partial charge in [-0.2, -0.15) is 0 Å². The number of alkyl carbamates (subject to hydrolysis) is 1. The summed E-state index contributed by atoms with van der Waals surface area (Å²) >= 11 is 0. The van der Waals surface area contributed by atoms with Crippen LogP contribution in [-0.2, 0) is 4.74 Å². The number of anilines is 1. The van der Waals surface area contributed by atoms with Crippen molar-refractivity contribution in [1.82, 2.24) is 19.9 Å². The number of amides is 1. The fourth-order valence-electron chi connectivity index (χ4n) is 4.27. The van der Waals surface area contributed by atoms with Crippen molar-refractivity contribution >= 4 is 28.8 Å². The van der Waals surface area contributed by atoms with E-state index in [1.807, 2.05) is 0 Å². The molecule has 36 heavy (non-hydrogen) atoms. The van der Waals surface area contributed by atoms with E-state index < -0.39 is 41.6 Å². The Morgan fingerprint density at radius 1 is 1.31 bits per heavy atom. The van der Waals surface area contributed by atoms with E-state index in [9.17, 15) is 13.6 Å². The molecule has 1 fully saturated rings. The molecule has 1 aliphatic rings. The van der Waals surface area contributed by atoms with E-state index in [1.165, 1.54) is 6.20 Å². The zero-order chi connectivity index (χ0) is 26.2. The van der Waals surface area contributed by atoms with Crippen molar-refractivity contribution in [2.45, 2.75) is 58.0 Å². The molecule has 0 radical (unpaired) electrons. The van der Waals surface area contributed by atoms with Gasteiger partial charge in [-0.25, -0.2) is 27.8 Å². The largest absolute Gasteiger partial charge is 0.444 e. The lowest BCUT2D eigenvalue weighted by molar-refractivity contribution is 0.0465. The molecule has 1 amide bonds. The summed E-state index contributed by atoms with van der Waals surface area (Å²) < 4.78 is 50.7. The molecule has 4 rings (SSSR count). The number of aromatic nitrogens is 3. The Hall–Kier alpha value is -3.81. The maximum Gasteiger partial charge on any atom is 0.408 e. The van der Waals surface area contributed by atoms with E-state index in [2.05, 4.69) is 20.1 Å². The average molecular weight is 501 g/mol. The summed E-state index contributed by atoms with van der Waals surface area (Å²) in [6.07, 6.45) is -0.548. The van der Waals surface area contributed by atoms with Crippen LogP contribution in [0.3, 0.4) is 0 Å². The molecule has 0 bridgehead atoms. The zero-order valence-electron chi connectivity index (χ0n) is 20.4. The molecule has 1 aliphatic heterocycles. The molecule has 1 N–H and O–H groups in total. The second-order valence-electron chi connectivity index (χ2n) is 9.77. The number of carbonyl (C=O) groups is 1. The number of hydrogen-bond donors (Lipinski definition) is 1. The lowest BCUT2D eigenvalue weighted by atomic mass is 10.0. The average Bonchev–Trinajstić information content (AvgIpc) is 3.18. The summed E-state index contributed by atoms with van der Waals surface area (Å²) in [4.78, 5) is 26.2. The Labute approximate surface area is 206 Å². The van der Waals surface area contributed by atoms with Crippen LogP contribution in [0.1, 0.15) is 45.9 Å². The maximum atomic E-state index is 15.0. The van der Waals surface area contributed by atoms with Crippen molar-refractivity contribution in [1.29, 1.82) is 0 Å². The third-order valence-electron chi connectivity index (χ3n) is 5.91. The molecular formula is C25H27F3N6O2. The lowest BCUT2D eigenvalue weighted by Crippen LogP contribution is -2.55. The first-order chi connectivity index (χ1) is 17.0. The molecule has 190 valence electrons. The van der Waals surface area contributed by atoms with Gasteiger partial charge in [-0.3, -0.25) is 9.55 Å². The molecule has 3 aromatic rings. The van der Waals surface area contributed by atoms with E-state index in [0.29, 0.717) is 17.3 Å². The van der Waals surface area contributed by atoms with Crippen molar-refractivity contribution in [3.05, 3.63) is 59.2 Å². The van der Waals surface area contributed by atoms with Gasteiger partial charge in [0.1, 0.15) is 23.1 Å². The Balaban J connectivity index is 1.73.